The lowest BCUT2D eigenvalue weighted by molar-refractivity contribution is 0.113. The zero-order valence-electron chi connectivity index (χ0n) is 9.88. The van der Waals surface area contributed by atoms with Crippen LogP contribution in [0.2, 0.25) is 0 Å². The molecule has 2 N–H and O–H groups in total. The average molecular weight is 236 g/mol. The summed E-state index contributed by atoms with van der Waals surface area (Å²) in [6.07, 6.45) is 0.764. The van der Waals surface area contributed by atoms with Crippen LogP contribution in [0.5, 0.6) is 5.75 Å². The fourth-order valence-electron chi connectivity index (χ4n) is 2.14. The highest BCUT2D eigenvalue weighted by Crippen LogP contribution is 2.37. The summed E-state index contributed by atoms with van der Waals surface area (Å²) in [5, 5.41) is 11.1. The molecule has 0 radical (unpaired) electrons. The number of carbonyl (C=O) groups is 1. The Kier molecular flexibility index (Phi) is 3.17. The molecule has 0 spiro atoms. The van der Waals surface area contributed by atoms with Crippen molar-refractivity contribution in [2.75, 3.05) is 6.54 Å². The summed E-state index contributed by atoms with van der Waals surface area (Å²) in [4.78, 5) is 14.9. The van der Waals surface area contributed by atoms with Gasteiger partial charge in [-0.2, -0.15) is 0 Å². The van der Waals surface area contributed by atoms with E-state index in [1.807, 2.05) is 19.1 Å². The van der Waals surface area contributed by atoms with Crippen LogP contribution in [0.3, 0.4) is 0 Å². The molecule has 0 unspecified atom stereocenters. The molecule has 0 aliphatic carbocycles. The average Bonchev–Trinajstić information content (AvgIpc) is 2.29. The lowest BCUT2D eigenvalue weighted by Crippen LogP contribution is -2.38. The summed E-state index contributed by atoms with van der Waals surface area (Å²) in [5.41, 5.74) is 0.840. The minimum atomic E-state index is -1.01. The number of pyridine rings is 1. The van der Waals surface area contributed by atoms with Crippen molar-refractivity contribution in [3.63, 3.8) is 0 Å². The van der Waals surface area contributed by atoms with Gasteiger partial charge in [-0.05, 0) is 19.1 Å². The first kappa shape index (κ1) is 11.7. The smallest absolute Gasteiger partial charge is 0.404 e. The Morgan fingerprint density at radius 2 is 2.35 bits per heavy atom. The van der Waals surface area contributed by atoms with Gasteiger partial charge in [-0.15, -0.1) is 0 Å². The number of nitrogens with one attached hydrogen (secondary N) is 1. The molecule has 17 heavy (non-hydrogen) atoms. The van der Waals surface area contributed by atoms with Gasteiger partial charge in [-0.1, -0.05) is 6.92 Å². The van der Waals surface area contributed by atoms with Crippen LogP contribution in [0.25, 0.3) is 0 Å². The van der Waals surface area contributed by atoms with E-state index in [9.17, 15) is 4.79 Å². The van der Waals surface area contributed by atoms with Gasteiger partial charge in [0, 0.05) is 24.6 Å². The summed E-state index contributed by atoms with van der Waals surface area (Å²) in [5.74, 6) is 1.05. The molecule has 0 saturated carbocycles. The summed E-state index contributed by atoms with van der Waals surface area (Å²) in [6.45, 7) is 4.42. The highest BCUT2D eigenvalue weighted by molar-refractivity contribution is 5.64. The monoisotopic (exact) mass is 236 g/mol. The topological polar surface area (TPSA) is 71.5 Å². The van der Waals surface area contributed by atoms with Crippen molar-refractivity contribution < 1.29 is 14.6 Å². The van der Waals surface area contributed by atoms with Crippen LogP contribution in [-0.4, -0.2) is 28.8 Å². The molecule has 5 heteroatoms. The number of amides is 1. The largest absolute Gasteiger partial charge is 0.488 e. The molecule has 1 amide bonds. The van der Waals surface area contributed by atoms with Gasteiger partial charge in [0.2, 0.25) is 0 Å². The minimum Gasteiger partial charge on any atom is -0.488 e. The lowest BCUT2D eigenvalue weighted by atomic mass is 9.84. The van der Waals surface area contributed by atoms with Crippen LogP contribution in [0.4, 0.5) is 4.79 Å². The van der Waals surface area contributed by atoms with Gasteiger partial charge in [0.25, 0.3) is 0 Å². The Bertz CT molecular complexity index is 422. The van der Waals surface area contributed by atoms with E-state index in [2.05, 4.69) is 17.2 Å². The number of nitrogens with zero attached hydrogens (tertiary/aromatic N) is 1. The fourth-order valence-corrected chi connectivity index (χ4v) is 2.14. The normalized spacial score (nSPS) is 26.8. The number of hydrogen-bond acceptors (Lipinski definition) is 3. The quantitative estimate of drug-likeness (QED) is 0.822. The number of fused-ring (bicyclic) bond motifs is 1. The SMILES string of the molecule is C[C@H]1[C@H](C)Oc2cccnc2[C@H]1CNC(=O)O. The van der Waals surface area contributed by atoms with Crippen molar-refractivity contribution in [3.05, 3.63) is 24.0 Å². The molecule has 2 rings (SSSR count). The molecule has 1 aromatic heterocycles. The van der Waals surface area contributed by atoms with Crippen molar-refractivity contribution in [3.8, 4) is 5.75 Å². The predicted octanol–water partition coefficient (Wildman–Crippen LogP) is 1.85. The number of ether oxygens (including phenoxy) is 1. The van der Waals surface area contributed by atoms with Crippen LogP contribution in [-0.2, 0) is 0 Å². The maximum absolute atomic E-state index is 10.6. The number of rotatable bonds is 2. The second-order valence-electron chi connectivity index (χ2n) is 4.36. The van der Waals surface area contributed by atoms with Gasteiger partial charge in [0.1, 0.15) is 5.75 Å². The van der Waals surface area contributed by atoms with E-state index in [0.29, 0.717) is 6.54 Å². The number of carboxylic acid groups (broad SMARTS) is 1. The lowest BCUT2D eigenvalue weighted by Gasteiger charge is -2.35. The third kappa shape index (κ3) is 2.33. The molecule has 1 aromatic rings. The van der Waals surface area contributed by atoms with E-state index in [1.165, 1.54) is 0 Å². The van der Waals surface area contributed by atoms with Gasteiger partial charge < -0.3 is 15.2 Å². The number of aromatic nitrogens is 1. The molecule has 2 heterocycles. The summed E-state index contributed by atoms with van der Waals surface area (Å²) >= 11 is 0. The third-order valence-corrected chi connectivity index (χ3v) is 3.31. The summed E-state index contributed by atoms with van der Waals surface area (Å²) < 4.78 is 5.74. The van der Waals surface area contributed by atoms with Crippen LogP contribution < -0.4 is 10.1 Å². The molecular weight excluding hydrogens is 220 g/mol. The van der Waals surface area contributed by atoms with E-state index in [1.54, 1.807) is 6.20 Å². The van der Waals surface area contributed by atoms with Crippen molar-refractivity contribution in [2.24, 2.45) is 5.92 Å². The van der Waals surface area contributed by atoms with Gasteiger partial charge in [0.15, 0.2) is 0 Å². The second kappa shape index (κ2) is 4.61. The van der Waals surface area contributed by atoms with Crippen molar-refractivity contribution >= 4 is 6.09 Å². The van der Waals surface area contributed by atoms with Gasteiger partial charge in [0.05, 0.1) is 11.8 Å². The van der Waals surface area contributed by atoms with Crippen molar-refractivity contribution in [1.82, 2.24) is 10.3 Å². The Labute approximate surface area is 99.8 Å². The van der Waals surface area contributed by atoms with Gasteiger partial charge >= 0.3 is 6.09 Å². The maximum Gasteiger partial charge on any atom is 0.404 e. The van der Waals surface area contributed by atoms with Crippen molar-refractivity contribution in [2.45, 2.75) is 25.9 Å². The predicted molar refractivity (Wildman–Crippen MR) is 62.3 cm³/mol. The molecule has 1 aliphatic rings. The summed E-state index contributed by atoms with van der Waals surface area (Å²) in [7, 11) is 0. The van der Waals surface area contributed by atoms with E-state index < -0.39 is 6.09 Å². The molecule has 5 nitrogen and oxygen atoms in total. The number of hydrogen-bond donors (Lipinski definition) is 2. The standard InChI is InChI=1S/C12H16N2O3/c1-7-8(2)17-10-4-3-5-13-11(10)9(7)6-14-12(15)16/h3-5,7-9,14H,6H2,1-2H3,(H,15,16)/t7-,8-,9-/m0/s1. The second-order valence-corrected chi connectivity index (χ2v) is 4.36. The van der Waals surface area contributed by atoms with Crippen molar-refractivity contribution in [1.29, 1.82) is 0 Å². The van der Waals surface area contributed by atoms with Crippen LogP contribution in [0.15, 0.2) is 18.3 Å². The zero-order valence-corrected chi connectivity index (χ0v) is 9.88. The fraction of sp³-hybridized carbons (Fsp3) is 0.500. The first-order chi connectivity index (χ1) is 8.09. The molecule has 0 fully saturated rings. The Hall–Kier alpha value is -1.78. The van der Waals surface area contributed by atoms with Crippen LogP contribution >= 0.6 is 0 Å². The Morgan fingerprint density at radius 1 is 1.59 bits per heavy atom. The van der Waals surface area contributed by atoms with E-state index in [0.717, 1.165) is 11.4 Å². The van der Waals surface area contributed by atoms with E-state index >= 15 is 0 Å². The van der Waals surface area contributed by atoms with Crippen LogP contribution in [0, 0.1) is 5.92 Å². The molecule has 0 bridgehead atoms. The Balaban J connectivity index is 2.25. The van der Waals surface area contributed by atoms with E-state index in [-0.39, 0.29) is 17.9 Å². The first-order valence-corrected chi connectivity index (χ1v) is 5.68. The maximum atomic E-state index is 10.6. The molecule has 1 aliphatic heterocycles. The highest BCUT2D eigenvalue weighted by atomic mass is 16.5. The van der Waals surface area contributed by atoms with Crippen LogP contribution in [0.1, 0.15) is 25.5 Å². The zero-order chi connectivity index (χ0) is 12.4. The Morgan fingerprint density at radius 3 is 3.06 bits per heavy atom. The summed E-state index contributed by atoms with van der Waals surface area (Å²) in [6, 6.07) is 3.70. The highest BCUT2D eigenvalue weighted by Gasteiger charge is 2.34. The molecule has 0 aromatic carbocycles. The minimum absolute atomic E-state index is 0.0612. The molecule has 3 atom stereocenters. The third-order valence-electron chi connectivity index (χ3n) is 3.31. The van der Waals surface area contributed by atoms with Gasteiger partial charge in [-0.3, -0.25) is 4.98 Å². The molecule has 92 valence electrons. The van der Waals surface area contributed by atoms with E-state index in [4.69, 9.17) is 9.84 Å². The molecular formula is C12H16N2O3. The van der Waals surface area contributed by atoms with Gasteiger partial charge in [-0.25, -0.2) is 4.79 Å². The first-order valence-electron chi connectivity index (χ1n) is 5.68. The molecule has 0 saturated heterocycles.